The lowest BCUT2D eigenvalue weighted by Gasteiger charge is -2.31. The van der Waals surface area contributed by atoms with Crippen molar-refractivity contribution in [3.8, 4) is 0 Å². The van der Waals surface area contributed by atoms with E-state index in [0.29, 0.717) is 6.54 Å². The topological polar surface area (TPSA) is 58.3 Å². The lowest BCUT2D eigenvalue weighted by atomic mass is 10.0. The summed E-state index contributed by atoms with van der Waals surface area (Å²) in [7, 11) is 1.85. The molecule has 1 aromatic carbocycles. The average Bonchev–Trinajstić information content (AvgIpc) is 3.29. The Morgan fingerprint density at radius 1 is 1.11 bits per heavy atom. The highest BCUT2D eigenvalue weighted by Crippen LogP contribution is 2.20. The normalized spacial score (nSPS) is 16.7. The highest BCUT2D eigenvalue weighted by molar-refractivity contribution is 14.0. The summed E-state index contributed by atoms with van der Waals surface area (Å²) in [5.74, 6) is 3.09. The minimum absolute atomic E-state index is 0. The molecule has 2 aliphatic heterocycles. The van der Waals surface area contributed by atoms with Gasteiger partial charge in [-0.3, -0.25) is 4.99 Å². The Labute approximate surface area is 177 Å². The highest BCUT2D eigenvalue weighted by atomic mass is 127. The second kappa shape index (κ2) is 9.34. The number of benzene rings is 1. The molecular weight excluding hydrogens is 451 g/mol. The predicted molar refractivity (Wildman–Crippen MR) is 119 cm³/mol. The van der Waals surface area contributed by atoms with Crippen LogP contribution in [-0.4, -0.2) is 45.8 Å². The van der Waals surface area contributed by atoms with Crippen molar-refractivity contribution in [1.82, 2.24) is 25.0 Å². The number of halogens is 1. The molecule has 27 heavy (non-hydrogen) atoms. The summed E-state index contributed by atoms with van der Waals surface area (Å²) in [6.07, 6.45) is 6.71. The molecule has 0 atom stereocenters. The van der Waals surface area contributed by atoms with Gasteiger partial charge in [-0.2, -0.15) is 0 Å². The van der Waals surface area contributed by atoms with Crippen molar-refractivity contribution < 1.29 is 0 Å². The first-order chi connectivity index (χ1) is 12.8. The number of aryl methyl sites for hydroxylation is 1. The van der Waals surface area contributed by atoms with Crippen molar-refractivity contribution in [2.45, 2.75) is 38.8 Å². The van der Waals surface area contributed by atoms with Crippen LogP contribution in [0.2, 0.25) is 0 Å². The van der Waals surface area contributed by atoms with Gasteiger partial charge in [-0.1, -0.05) is 42.0 Å². The number of hydrogen-bond donors (Lipinski definition) is 1. The number of rotatable bonds is 3. The zero-order valence-electron chi connectivity index (χ0n) is 15.8. The Kier molecular flexibility index (Phi) is 6.87. The molecule has 7 heteroatoms. The highest BCUT2D eigenvalue weighted by Gasteiger charge is 2.20. The van der Waals surface area contributed by atoms with Crippen molar-refractivity contribution >= 4 is 36.0 Å². The first kappa shape index (κ1) is 19.9. The fourth-order valence-corrected chi connectivity index (χ4v) is 3.77. The molecule has 1 fully saturated rings. The number of likely N-dealkylation sites (tertiary alicyclic amines) is 1. The van der Waals surface area contributed by atoms with E-state index in [4.69, 9.17) is 0 Å². The van der Waals surface area contributed by atoms with Crippen molar-refractivity contribution in [1.29, 1.82) is 0 Å². The summed E-state index contributed by atoms with van der Waals surface area (Å²) >= 11 is 0. The van der Waals surface area contributed by atoms with Crippen LogP contribution in [-0.2, 0) is 19.5 Å². The number of piperidine rings is 1. The molecule has 1 aromatic heterocycles. The molecule has 144 valence electrons. The standard InChI is InChI=1S/C20H26N6.HI/c1-21-20(22-15-19-24-23-18-8-5-11-26(18)19)25-12-9-17(10-13-25)14-16-6-3-2-4-7-16;/h2-4,6-7,14H,5,8-13,15H2,1H3,(H,21,22);1H. The number of aliphatic imine (C=N–C) groups is 1. The molecule has 0 aliphatic carbocycles. The van der Waals surface area contributed by atoms with E-state index in [1.54, 1.807) is 0 Å². The third kappa shape index (κ3) is 4.69. The molecule has 4 rings (SSSR count). The lowest BCUT2D eigenvalue weighted by Crippen LogP contribution is -2.44. The molecule has 3 heterocycles. The van der Waals surface area contributed by atoms with Crippen LogP contribution in [0.25, 0.3) is 6.08 Å². The third-order valence-corrected chi connectivity index (χ3v) is 5.18. The van der Waals surface area contributed by atoms with Crippen LogP contribution in [0.3, 0.4) is 0 Å². The summed E-state index contributed by atoms with van der Waals surface area (Å²) in [4.78, 5) is 6.81. The van der Waals surface area contributed by atoms with Gasteiger partial charge in [-0.05, 0) is 24.8 Å². The maximum Gasteiger partial charge on any atom is 0.194 e. The minimum Gasteiger partial charge on any atom is -0.349 e. The molecule has 2 aromatic rings. The maximum absolute atomic E-state index is 4.47. The quantitative estimate of drug-likeness (QED) is 0.419. The van der Waals surface area contributed by atoms with E-state index in [9.17, 15) is 0 Å². The van der Waals surface area contributed by atoms with Gasteiger partial charge in [0.2, 0.25) is 0 Å². The van der Waals surface area contributed by atoms with Gasteiger partial charge in [0.25, 0.3) is 0 Å². The van der Waals surface area contributed by atoms with Gasteiger partial charge in [0.1, 0.15) is 5.82 Å². The molecule has 6 nitrogen and oxygen atoms in total. The fourth-order valence-electron chi connectivity index (χ4n) is 3.77. The summed E-state index contributed by atoms with van der Waals surface area (Å²) in [5, 5.41) is 12.1. The molecule has 2 aliphatic rings. The van der Waals surface area contributed by atoms with Gasteiger partial charge in [-0.15, -0.1) is 34.2 Å². The largest absolute Gasteiger partial charge is 0.349 e. The average molecular weight is 478 g/mol. The summed E-state index contributed by atoms with van der Waals surface area (Å²) in [6, 6.07) is 10.6. The number of hydrogen-bond acceptors (Lipinski definition) is 3. The Hall–Kier alpha value is -1.90. The monoisotopic (exact) mass is 478 g/mol. The summed E-state index contributed by atoms with van der Waals surface area (Å²) < 4.78 is 2.23. The van der Waals surface area contributed by atoms with E-state index in [1.165, 1.54) is 17.6 Å². The molecule has 0 amide bonds. The fraction of sp³-hybridized carbons (Fsp3) is 0.450. The van der Waals surface area contributed by atoms with E-state index >= 15 is 0 Å². The summed E-state index contributed by atoms with van der Waals surface area (Å²) in [5.41, 5.74) is 2.80. The van der Waals surface area contributed by atoms with E-state index in [0.717, 1.165) is 56.5 Å². The Bertz CT molecular complexity index is 801. The van der Waals surface area contributed by atoms with Crippen LogP contribution < -0.4 is 5.32 Å². The lowest BCUT2D eigenvalue weighted by molar-refractivity contribution is 0.374. The van der Waals surface area contributed by atoms with Crippen molar-refractivity contribution in [3.63, 3.8) is 0 Å². The molecular formula is C20H27IN6. The SMILES string of the molecule is CN=C(NCc1nnc2n1CCC2)N1CCC(=Cc2ccccc2)CC1.I. The van der Waals surface area contributed by atoms with Crippen LogP contribution in [0.1, 0.15) is 36.5 Å². The summed E-state index contributed by atoms with van der Waals surface area (Å²) in [6.45, 7) is 3.71. The van der Waals surface area contributed by atoms with E-state index in [-0.39, 0.29) is 24.0 Å². The van der Waals surface area contributed by atoms with Crippen molar-refractivity contribution in [2.75, 3.05) is 20.1 Å². The molecule has 0 saturated carbocycles. The van der Waals surface area contributed by atoms with Crippen LogP contribution in [0.5, 0.6) is 0 Å². The number of fused-ring (bicyclic) bond motifs is 1. The minimum atomic E-state index is 0. The number of guanidine groups is 1. The van der Waals surface area contributed by atoms with Gasteiger partial charge in [0.15, 0.2) is 11.8 Å². The molecule has 0 unspecified atom stereocenters. The van der Waals surface area contributed by atoms with Crippen molar-refractivity contribution in [3.05, 3.63) is 53.1 Å². The molecule has 0 spiro atoms. The van der Waals surface area contributed by atoms with Gasteiger partial charge >= 0.3 is 0 Å². The van der Waals surface area contributed by atoms with Gasteiger partial charge in [-0.25, -0.2) is 0 Å². The Morgan fingerprint density at radius 2 is 1.89 bits per heavy atom. The number of nitrogens with one attached hydrogen (secondary N) is 1. The van der Waals surface area contributed by atoms with Crippen LogP contribution in [0, 0.1) is 0 Å². The van der Waals surface area contributed by atoms with Crippen molar-refractivity contribution in [2.24, 2.45) is 4.99 Å². The van der Waals surface area contributed by atoms with E-state index < -0.39 is 0 Å². The molecule has 0 radical (unpaired) electrons. The smallest absolute Gasteiger partial charge is 0.194 e. The zero-order valence-corrected chi connectivity index (χ0v) is 18.1. The Balaban J connectivity index is 0.00000210. The predicted octanol–water partition coefficient (Wildman–Crippen LogP) is 3.10. The van der Waals surface area contributed by atoms with Gasteiger partial charge < -0.3 is 14.8 Å². The van der Waals surface area contributed by atoms with Gasteiger partial charge in [0, 0.05) is 33.1 Å². The molecule has 0 bridgehead atoms. The van der Waals surface area contributed by atoms with E-state index in [2.05, 4.69) is 66.4 Å². The first-order valence-electron chi connectivity index (χ1n) is 9.44. The Morgan fingerprint density at radius 3 is 2.63 bits per heavy atom. The second-order valence-electron chi connectivity index (χ2n) is 6.89. The van der Waals surface area contributed by atoms with Gasteiger partial charge in [0.05, 0.1) is 6.54 Å². The third-order valence-electron chi connectivity index (χ3n) is 5.18. The van der Waals surface area contributed by atoms with Crippen LogP contribution >= 0.6 is 24.0 Å². The van der Waals surface area contributed by atoms with E-state index in [1.807, 2.05) is 7.05 Å². The van der Waals surface area contributed by atoms with Crippen LogP contribution in [0.15, 0.2) is 40.9 Å². The molecule has 1 saturated heterocycles. The maximum atomic E-state index is 4.47. The molecule has 1 N–H and O–H groups in total. The first-order valence-corrected chi connectivity index (χ1v) is 9.44. The van der Waals surface area contributed by atoms with Crippen LogP contribution in [0.4, 0.5) is 0 Å². The zero-order chi connectivity index (χ0) is 17.8. The number of nitrogens with zero attached hydrogens (tertiary/aromatic N) is 5. The number of aromatic nitrogens is 3. The second-order valence-corrected chi connectivity index (χ2v) is 6.89.